The van der Waals surface area contributed by atoms with Gasteiger partial charge in [-0.05, 0) is 62.4 Å². The lowest BCUT2D eigenvalue weighted by atomic mass is 10.1. The highest BCUT2D eigenvalue weighted by Crippen LogP contribution is 2.23. The van der Waals surface area contributed by atoms with Gasteiger partial charge in [-0.3, -0.25) is 14.5 Å². The van der Waals surface area contributed by atoms with E-state index in [0.29, 0.717) is 12.1 Å². The molecule has 2 aromatic rings. The van der Waals surface area contributed by atoms with Crippen LogP contribution in [0.2, 0.25) is 0 Å². The second kappa shape index (κ2) is 8.31. The normalized spacial score (nSPS) is 15.3. The summed E-state index contributed by atoms with van der Waals surface area (Å²) in [5.74, 6) is -0.259. The molecule has 1 saturated heterocycles. The van der Waals surface area contributed by atoms with Gasteiger partial charge in [-0.1, -0.05) is 12.1 Å². The highest BCUT2D eigenvalue weighted by molar-refractivity contribution is 5.96. The van der Waals surface area contributed by atoms with Gasteiger partial charge in [0, 0.05) is 30.4 Å². The number of carbonyl (C=O) groups is 2. The van der Waals surface area contributed by atoms with Crippen LogP contribution in [0, 0.1) is 5.82 Å². The maximum atomic E-state index is 13.1. The van der Waals surface area contributed by atoms with Crippen LogP contribution in [0.4, 0.5) is 15.8 Å². The summed E-state index contributed by atoms with van der Waals surface area (Å²) in [5.41, 5.74) is 2.50. The van der Waals surface area contributed by atoms with E-state index in [1.165, 1.54) is 12.1 Å². The van der Waals surface area contributed by atoms with E-state index in [1.807, 2.05) is 43.1 Å². The van der Waals surface area contributed by atoms with Gasteiger partial charge in [0.25, 0.3) is 0 Å². The first-order valence-electron chi connectivity index (χ1n) is 9.10. The number of hydrogen-bond donors (Lipinski definition) is 1. The molecule has 0 aliphatic carbocycles. The van der Waals surface area contributed by atoms with Gasteiger partial charge in [-0.2, -0.15) is 0 Å². The van der Waals surface area contributed by atoms with E-state index in [-0.39, 0.29) is 30.2 Å². The Kier molecular flexibility index (Phi) is 5.86. The van der Waals surface area contributed by atoms with Gasteiger partial charge in [-0.15, -0.1) is 0 Å². The van der Waals surface area contributed by atoms with Crippen molar-refractivity contribution < 1.29 is 14.0 Å². The molecule has 1 aliphatic rings. The summed E-state index contributed by atoms with van der Waals surface area (Å²) in [4.78, 5) is 27.8. The molecule has 0 spiro atoms. The maximum absolute atomic E-state index is 13.1. The van der Waals surface area contributed by atoms with Crippen LogP contribution in [0.25, 0.3) is 0 Å². The average molecular weight is 369 g/mol. The van der Waals surface area contributed by atoms with Gasteiger partial charge in [0.15, 0.2) is 0 Å². The molecule has 0 aromatic heterocycles. The fourth-order valence-corrected chi connectivity index (χ4v) is 3.21. The van der Waals surface area contributed by atoms with E-state index in [4.69, 9.17) is 0 Å². The first-order chi connectivity index (χ1) is 12.9. The Morgan fingerprint density at radius 1 is 1.19 bits per heavy atom. The maximum Gasteiger partial charge on any atom is 0.238 e. The number of benzene rings is 2. The highest BCUT2D eigenvalue weighted by Gasteiger charge is 2.21. The van der Waals surface area contributed by atoms with E-state index >= 15 is 0 Å². The third-order valence-electron chi connectivity index (χ3n) is 4.94. The van der Waals surface area contributed by atoms with Crippen molar-refractivity contribution in [3.05, 3.63) is 59.9 Å². The Bertz CT molecular complexity index is 805. The first kappa shape index (κ1) is 19.0. The van der Waals surface area contributed by atoms with Gasteiger partial charge < -0.3 is 10.2 Å². The van der Waals surface area contributed by atoms with Crippen molar-refractivity contribution in [1.29, 1.82) is 0 Å². The molecule has 6 heteroatoms. The Labute approximate surface area is 158 Å². The number of likely N-dealkylation sites (N-methyl/N-ethyl adjacent to an activating group) is 1. The van der Waals surface area contributed by atoms with E-state index in [1.54, 1.807) is 17.0 Å². The van der Waals surface area contributed by atoms with E-state index in [9.17, 15) is 14.0 Å². The molecule has 1 fully saturated rings. The Hall–Kier alpha value is -2.73. The predicted octanol–water partition coefficient (Wildman–Crippen LogP) is 3.58. The van der Waals surface area contributed by atoms with Gasteiger partial charge in [-0.25, -0.2) is 4.39 Å². The third-order valence-corrected chi connectivity index (χ3v) is 4.94. The summed E-state index contributed by atoms with van der Waals surface area (Å²) in [6.45, 7) is 2.93. The molecule has 0 saturated carbocycles. The summed E-state index contributed by atoms with van der Waals surface area (Å²) in [7, 11) is 1.86. The van der Waals surface area contributed by atoms with Crippen LogP contribution in [0.15, 0.2) is 48.5 Å². The Balaban J connectivity index is 1.55. The summed E-state index contributed by atoms with van der Waals surface area (Å²) in [5, 5.41) is 2.87. The number of rotatable bonds is 6. The van der Waals surface area contributed by atoms with Crippen molar-refractivity contribution in [2.24, 2.45) is 0 Å². The molecule has 2 amide bonds. The Morgan fingerprint density at radius 3 is 2.44 bits per heavy atom. The Morgan fingerprint density at radius 2 is 1.85 bits per heavy atom. The minimum atomic E-state index is -0.273. The number of halogens is 1. The molecule has 27 heavy (non-hydrogen) atoms. The summed E-state index contributed by atoms with van der Waals surface area (Å²) < 4.78 is 13.1. The third kappa shape index (κ3) is 4.71. The predicted molar refractivity (Wildman–Crippen MR) is 104 cm³/mol. The van der Waals surface area contributed by atoms with Crippen molar-refractivity contribution >= 4 is 23.2 Å². The number of nitrogens with zero attached hydrogens (tertiary/aromatic N) is 2. The monoisotopic (exact) mass is 369 g/mol. The molecule has 3 rings (SSSR count). The van der Waals surface area contributed by atoms with Crippen LogP contribution in [0.3, 0.4) is 0 Å². The SMILES string of the molecule is CC(c1ccc(F)cc1)N(C)CC(=O)Nc1ccc(N2CCCC2=O)cc1. The summed E-state index contributed by atoms with van der Waals surface area (Å²) in [6.07, 6.45) is 1.48. The molecule has 2 aromatic carbocycles. The lowest BCUT2D eigenvalue weighted by Gasteiger charge is -2.24. The van der Waals surface area contributed by atoms with Gasteiger partial charge in [0.1, 0.15) is 5.82 Å². The van der Waals surface area contributed by atoms with Crippen molar-refractivity contribution in [2.45, 2.75) is 25.8 Å². The van der Waals surface area contributed by atoms with E-state index in [0.717, 1.165) is 24.2 Å². The molecule has 1 unspecified atom stereocenters. The number of hydrogen-bond acceptors (Lipinski definition) is 3. The number of anilines is 2. The molecule has 1 heterocycles. The van der Waals surface area contributed by atoms with Crippen LogP contribution < -0.4 is 10.2 Å². The molecule has 0 radical (unpaired) electrons. The van der Waals surface area contributed by atoms with Crippen LogP contribution in [-0.4, -0.2) is 36.9 Å². The fourth-order valence-electron chi connectivity index (χ4n) is 3.21. The van der Waals surface area contributed by atoms with Gasteiger partial charge in [0.05, 0.1) is 6.54 Å². The van der Waals surface area contributed by atoms with Gasteiger partial charge >= 0.3 is 0 Å². The molecule has 1 atom stereocenters. The zero-order chi connectivity index (χ0) is 19.4. The molecular formula is C21H24FN3O2. The largest absolute Gasteiger partial charge is 0.325 e. The van der Waals surface area contributed by atoms with Crippen LogP contribution in [0.5, 0.6) is 0 Å². The summed E-state index contributed by atoms with van der Waals surface area (Å²) in [6, 6.07) is 13.6. The van der Waals surface area contributed by atoms with Crippen LogP contribution in [0.1, 0.15) is 31.4 Å². The topological polar surface area (TPSA) is 52.7 Å². The van der Waals surface area contributed by atoms with Crippen molar-refractivity contribution in [3.8, 4) is 0 Å². The van der Waals surface area contributed by atoms with Crippen LogP contribution in [-0.2, 0) is 9.59 Å². The quantitative estimate of drug-likeness (QED) is 0.847. The minimum absolute atomic E-state index is 0.0140. The number of carbonyl (C=O) groups excluding carboxylic acids is 2. The zero-order valence-corrected chi connectivity index (χ0v) is 15.6. The minimum Gasteiger partial charge on any atom is -0.325 e. The lowest BCUT2D eigenvalue weighted by Crippen LogP contribution is -2.32. The smallest absolute Gasteiger partial charge is 0.238 e. The second-order valence-corrected chi connectivity index (χ2v) is 6.89. The lowest BCUT2D eigenvalue weighted by molar-refractivity contribution is -0.118. The second-order valence-electron chi connectivity index (χ2n) is 6.89. The molecule has 142 valence electrons. The van der Waals surface area contributed by atoms with E-state index in [2.05, 4.69) is 5.32 Å². The standard InChI is InChI=1S/C21H24FN3O2/c1-15(16-5-7-17(22)8-6-16)24(2)14-20(26)23-18-9-11-19(12-10-18)25-13-3-4-21(25)27/h5-12,15H,3-4,13-14H2,1-2H3,(H,23,26). The first-order valence-corrected chi connectivity index (χ1v) is 9.10. The molecule has 5 nitrogen and oxygen atoms in total. The number of amides is 2. The van der Waals surface area contributed by atoms with E-state index < -0.39 is 0 Å². The van der Waals surface area contributed by atoms with Crippen LogP contribution >= 0.6 is 0 Å². The molecular weight excluding hydrogens is 345 g/mol. The average Bonchev–Trinajstić information content (AvgIpc) is 3.08. The zero-order valence-electron chi connectivity index (χ0n) is 15.6. The van der Waals surface area contributed by atoms with Gasteiger partial charge in [0.2, 0.25) is 11.8 Å². The fraction of sp³-hybridized carbons (Fsp3) is 0.333. The van der Waals surface area contributed by atoms with Crippen molar-refractivity contribution in [3.63, 3.8) is 0 Å². The van der Waals surface area contributed by atoms with Crippen molar-refractivity contribution in [2.75, 3.05) is 30.4 Å². The molecule has 1 aliphatic heterocycles. The summed E-state index contributed by atoms with van der Waals surface area (Å²) >= 11 is 0. The molecule has 1 N–H and O–H groups in total. The number of nitrogens with one attached hydrogen (secondary N) is 1. The molecule has 0 bridgehead atoms. The highest BCUT2D eigenvalue weighted by atomic mass is 19.1. The van der Waals surface area contributed by atoms with Crippen molar-refractivity contribution in [1.82, 2.24) is 4.90 Å².